The summed E-state index contributed by atoms with van der Waals surface area (Å²) in [4.78, 5) is 15.0. The third-order valence-corrected chi connectivity index (χ3v) is 4.33. The van der Waals surface area contributed by atoms with Gasteiger partial charge in [0.25, 0.3) is 0 Å². The van der Waals surface area contributed by atoms with Gasteiger partial charge in [-0.2, -0.15) is 0 Å². The van der Waals surface area contributed by atoms with E-state index in [1.165, 1.54) is 12.1 Å². The first-order valence-electron chi connectivity index (χ1n) is 8.65. The first-order valence-corrected chi connectivity index (χ1v) is 8.65. The van der Waals surface area contributed by atoms with Gasteiger partial charge in [-0.05, 0) is 61.6 Å². The predicted molar refractivity (Wildman–Crippen MR) is 98.9 cm³/mol. The minimum absolute atomic E-state index is 0.107. The normalized spacial score (nSPS) is 10.9. The molecule has 0 radical (unpaired) electrons. The first-order chi connectivity index (χ1) is 12.5. The molecule has 0 saturated heterocycles. The number of ether oxygens (including phenoxy) is 2. The van der Waals surface area contributed by atoms with Crippen molar-refractivity contribution in [2.75, 3.05) is 13.2 Å². The Morgan fingerprint density at radius 1 is 1.15 bits per heavy atom. The van der Waals surface area contributed by atoms with Crippen molar-refractivity contribution >= 4 is 16.9 Å². The van der Waals surface area contributed by atoms with Gasteiger partial charge in [-0.3, -0.25) is 0 Å². The fourth-order valence-corrected chi connectivity index (χ4v) is 3.01. The molecule has 136 valence electrons. The molecule has 0 aliphatic heterocycles. The number of carbonyl (C=O) groups is 1. The van der Waals surface area contributed by atoms with Crippen LogP contribution in [-0.2, 0) is 16.0 Å². The highest BCUT2D eigenvalue weighted by Gasteiger charge is 2.09. The van der Waals surface area contributed by atoms with E-state index < -0.39 is 5.97 Å². The number of hydrogen-bond acceptors (Lipinski definition) is 3. The first kappa shape index (κ1) is 18.0. The van der Waals surface area contributed by atoms with Crippen molar-refractivity contribution < 1.29 is 18.7 Å². The maximum Gasteiger partial charge on any atom is 0.344 e. The fraction of sp³-hybridized carbons (Fsp3) is 0.286. The number of rotatable bonds is 7. The van der Waals surface area contributed by atoms with E-state index in [0.717, 1.165) is 33.3 Å². The van der Waals surface area contributed by atoms with E-state index in [-0.39, 0.29) is 12.4 Å². The SMILES string of the molecule is Cc1cccc(C)c1OCC(=O)OCCCc1c[nH]c2ccc(F)cc12. The van der Waals surface area contributed by atoms with Crippen LogP contribution in [0, 0.1) is 19.7 Å². The number of benzene rings is 2. The molecule has 3 rings (SSSR count). The van der Waals surface area contributed by atoms with Crippen molar-refractivity contribution in [1.29, 1.82) is 0 Å². The molecule has 0 aliphatic carbocycles. The van der Waals surface area contributed by atoms with Crippen LogP contribution in [0.5, 0.6) is 5.75 Å². The number of aryl methyl sites for hydroxylation is 3. The number of nitrogens with one attached hydrogen (secondary N) is 1. The van der Waals surface area contributed by atoms with Crippen LogP contribution in [-0.4, -0.2) is 24.2 Å². The molecule has 2 aromatic carbocycles. The Morgan fingerprint density at radius 2 is 1.92 bits per heavy atom. The summed E-state index contributed by atoms with van der Waals surface area (Å²) in [5.41, 5.74) is 3.90. The van der Waals surface area contributed by atoms with Crippen molar-refractivity contribution in [3.05, 3.63) is 65.1 Å². The van der Waals surface area contributed by atoms with Gasteiger partial charge in [0.1, 0.15) is 11.6 Å². The van der Waals surface area contributed by atoms with Gasteiger partial charge >= 0.3 is 5.97 Å². The van der Waals surface area contributed by atoms with Crippen molar-refractivity contribution in [1.82, 2.24) is 4.98 Å². The number of para-hydroxylation sites is 1. The van der Waals surface area contributed by atoms with E-state index in [1.54, 1.807) is 6.07 Å². The zero-order valence-electron chi connectivity index (χ0n) is 15.0. The third-order valence-electron chi connectivity index (χ3n) is 4.33. The maximum atomic E-state index is 13.4. The van der Waals surface area contributed by atoms with Gasteiger partial charge in [0.2, 0.25) is 0 Å². The molecule has 0 spiro atoms. The summed E-state index contributed by atoms with van der Waals surface area (Å²) in [6.45, 7) is 4.08. The van der Waals surface area contributed by atoms with E-state index in [4.69, 9.17) is 9.47 Å². The fourth-order valence-electron chi connectivity index (χ4n) is 3.01. The molecule has 0 bridgehead atoms. The Morgan fingerprint density at radius 3 is 2.69 bits per heavy atom. The van der Waals surface area contributed by atoms with Crippen LogP contribution < -0.4 is 4.74 Å². The van der Waals surface area contributed by atoms with Gasteiger partial charge in [-0.25, -0.2) is 9.18 Å². The summed E-state index contributed by atoms with van der Waals surface area (Å²) in [6.07, 6.45) is 3.24. The van der Waals surface area contributed by atoms with E-state index >= 15 is 0 Å². The summed E-state index contributed by atoms with van der Waals surface area (Å²) in [6, 6.07) is 10.5. The van der Waals surface area contributed by atoms with Crippen LogP contribution in [0.2, 0.25) is 0 Å². The third kappa shape index (κ3) is 4.23. The zero-order valence-corrected chi connectivity index (χ0v) is 15.0. The van der Waals surface area contributed by atoms with E-state index in [0.29, 0.717) is 19.4 Å². The molecule has 1 heterocycles. The maximum absolute atomic E-state index is 13.4. The lowest BCUT2D eigenvalue weighted by atomic mass is 10.1. The lowest BCUT2D eigenvalue weighted by Gasteiger charge is -2.11. The quantitative estimate of drug-likeness (QED) is 0.502. The Kier molecular flexibility index (Phi) is 5.56. The van der Waals surface area contributed by atoms with Crippen LogP contribution >= 0.6 is 0 Å². The van der Waals surface area contributed by atoms with Crippen LogP contribution in [0.25, 0.3) is 10.9 Å². The molecule has 5 heteroatoms. The smallest absolute Gasteiger partial charge is 0.344 e. The van der Waals surface area contributed by atoms with Crippen molar-refractivity contribution in [3.8, 4) is 5.75 Å². The topological polar surface area (TPSA) is 51.3 Å². The standard InChI is InChI=1S/C21H22FNO3/c1-14-5-3-6-15(2)21(14)26-13-20(24)25-10-4-7-16-12-23-19-9-8-17(22)11-18(16)19/h3,5-6,8-9,11-12,23H,4,7,10,13H2,1-2H3. The minimum Gasteiger partial charge on any atom is -0.481 e. The largest absolute Gasteiger partial charge is 0.481 e. The number of aromatic nitrogens is 1. The average Bonchev–Trinajstić information content (AvgIpc) is 3.00. The van der Waals surface area contributed by atoms with Crippen molar-refractivity contribution in [3.63, 3.8) is 0 Å². The highest BCUT2D eigenvalue weighted by Crippen LogP contribution is 2.22. The highest BCUT2D eigenvalue weighted by molar-refractivity contribution is 5.83. The van der Waals surface area contributed by atoms with Gasteiger partial charge in [0, 0.05) is 17.1 Å². The minimum atomic E-state index is -0.391. The number of esters is 1. The molecule has 0 fully saturated rings. The molecule has 26 heavy (non-hydrogen) atoms. The second-order valence-electron chi connectivity index (χ2n) is 6.34. The Hall–Kier alpha value is -2.82. The van der Waals surface area contributed by atoms with Crippen molar-refractivity contribution in [2.24, 2.45) is 0 Å². The van der Waals surface area contributed by atoms with Crippen LogP contribution in [0.4, 0.5) is 4.39 Å². The monoisotopic (exact) mass is 355 g/mol. The Balaban J connectivity index is 1.44. The van der Waals surface area contributed by atoms with E-state index in [2.05, 4.69) is 4.98 Å². The van der Waals surface area contributed by atoms with Gasteiger partial charge in [0.05, 0.1) is 6.61 Å². The summed E-state index contributed by atoms with van der Waals surface area (Å²) in [5, 5.41) is 0.870. The van der Waals surface area contributed by atoms with Gasteiger partial charge in [-0.15, -0.1) is 0 Å². The molecule has 0 amide bonds. The van der Waals surface area contributed by atoms with Crippen LogP contribution in [0.1, 0.15) is 23.1 Å². The number of halogens is 1. The molecule has 4 nitrogen and oxygen atoms in total. The molecule has 0 saturated carbocycles. The molecule has 0 unspecified atom stereocenters. The second-order valence-corrected chi connectivity index (χ2v) is 6.34. The number of aromatic amines is 1. The second kappa shape index (κ2) is 8.04. The molecular weight excluding hydrogens is 333 g/mol. The number of H-pyrrole nitrogens is 1. The molecule has 0 atom stereocenters. The molecule has 1 N–H and O–H groups in total. The summed E-state index contributed by atoms with van der Waals surface area (Å²) in [5.74, 6) is 0.0799. The molecule has 3 aromatic rings. The molecule has 0 aliphatic rings. The van der Waals surface area contributed by atoms with Crippen molar-refractivity contribution in [2.45, 2.75) is 26.7 Å². The number of carbonyl (C=O) groups excluding carboxylic acids is 1. The average molecular weight is 355 g/mol. The molecule has 1 aromatic heterocycles. The van der Waals surface area contributed by atoms with Gasteiger partial charge in [0.15, 0.2) is 6.61 Å². The lowest BCUT2D eigenvalue weighted by molar-refractivity contribution is -0.146. The van der Waals surface area contributed by atoms with Gasteiger partial charge < -0.3 is 14.5 Å². The van der Waals surface area contributed by atoms with Gasteiger partial charge in [-0.1, -0.05) is 18.2 Å². The highest BCUT2D eigenvalue weighted by atomic mass is 19.1. The van der Waals surface area contributed by atoms with E-state index in [9.17, 15) is 9.18 Å². The Bertz CT molecular complexity index is 897. The number of hydrogen-bond donors (Lipinski definition) is 1. The number of fused-ring (bicyclic) bond motifs is 1. The summed E-state index contributed by atoms with van der Waals surface area (Å²) >= 11 is 0. The lowest BCUT2D eigenvalue weighted by Crippen LogP contribution is -2.16. The summed E-state index contributed by atoms with van der Waals surface area (Å²) in [7, 11) is 0. The molecular formula is C21H22FNO3. The Labute approximate surface area is 151 Å². The summed E-state index contributed by atoms with van der Waals surface area (Å²) < 4.78 is 24.2. The van der Waals surface area contributed by atoms with E-state index in [1.807, 2.05) is 38.2 Å². The zero-order chi connectivity index (χ0) is 18.5. The predicted octanol–water partition coefficient (Wildman–Crippen LogP) is 4.48. The van der Waals surface area contributed by atoms with Crippen LogP contribution in [0.15, 0.2) is 42.6 Å². The van der Waals surface area contributed by atoms with Crippen LogP contribution in [0.3, 0.4) is 0 Å².